The number of aromatic nitrogens is 1. The van der Waals surface area contributed by atoms with Crippen LogP contribution in [0.3, 0.4) is 0 Å². The maximum atomic E-state index is 12.3. The van der Waals surface area contributed by atoms with Crippen molar-refractivity contribution in [2.24, 2.45) is 0 Å². The molecule has 2 aromatic rings. The first-order chi connectivity index (χ1) is 12.5. The van der Waals surface area contributed by atoms with Gasteiger partial charge in [-0.1, -0.05) is 67.7 Å². The van der Waals surface area contributed by atoms with E-state index < -0.39 is 18.0 Å². The summed E-state index contributed by atoms with van der Waals surface area (Å²) in [5.74, 6) is -1.35. The highest BCUT2D eigenvalue weighted by Gasteiger charge is 2.24. The lowest BCUT2D eigenvalue weighted by Crippen LogP contribution is -2.30. The van der Waals surface area contributed by atoms with Crippen molar-refractivity contribution in [2.45, 2.75) is 39.2 Å². The standard InChI is InChI=1S/C19H19Cl3N2O3/c1-10(27-18(26)16-15(22)14(21)13(20)9-23-16)17(25)24-12-7-5-11(6-8-12)19(2,3)4/h5-10H,1-4H3,(H,24,25)/t10-/m1/s1. The summed E-state index contributed by atoms with van der Waals surface area (Å²) < 4.78 is 5.12. The molecule has 0 aliphatic heterocycles. The number of rotatable bonds is 4. The lowest BCUT2D eigenvalue weighted by Gasteiger charge is -2.19. The van der Waals surface area contributed by atoms with E-state index >= 15 is 0 Å². The Kier molecular flexibility index (Phi) is 6.73. The minimum Gasteiger partial charge on any atom is -0.448 e. The predicted octanol–water partition coefficient (Wildman–Crippen LogP) is 5.52. The molecule has 0 radical (unpaired) electrons. The molecule has 27 heavy (non-hydrogen) atoms. The van der Waals surface area contributed by atoms with Crippen molar-refractivity contribution in [1.82, 2.24) is 4.98 Å². The third-order valence-corrected chi connectivity index (χ3v) is 5.02. The molecular formula is C19H19Cl3N2O3. The van der Waals surface area contributed by atoms with Crippen LogP contribution in [0.5, 0.6) is 0 Å². The van der Waals surface area contributed by atoms with E-state index in [2.05, 4.69) is 31.1 Å². The lowest BCUT2D eigenvalue weighted by molar-refractivity contribution is -0.123. The van der Waals surface area contributed by atoms with E-state index in [1.54, 1.807) is 12.1 Å². The van der Waals surface area contributed by atoms with Crippen LogP contribution in [0.25, 0.3) is 0 Å². The number of halogens is 3. The Morgan fingerprint density at radius 2 is 1.67 bits per heavy atom. The van der Waals surface area contributed by atoms with Crippen molar-refractivity contribution >= 4 is 52.4 Å². The number of nitrogens with zero attached hydrogens (tertiary/aromatic N) is 1. The highest BCUT2D eigenvalue weighted by molar-refractivity contribution is 6.48. The highest BCUT2D eigenvalue weighted by Crippen LogP contribution is 2.31. The molecule has 1 N–H and O–H groups in total. The molecule has 0 aliphatic rings. The topological polar surface area (TPSA) is 68.3 Å². The van der Waals surface area contributed by atoms with Crippen LogP contribution >= 0.6 is 34.8 Å². The molecule has 0 spiro atoms. The molecule has 0 bridgehead atoms. The first-order valence-corrected chi connectivity index (χ1v) is 9.26. The zero-order chi connectivity index (χ0) is 20.4. The quantitative estimate of drug-likeness (QED) is 0.649. The zero-order valence-electron chi connectivity index (χ0n) is 15.3. The van der Waals surface area contributed by atoms with E-state index in [4.69, 9.17) is 39.5 Å². The van der Waals surface area contributed by atoms with Crippen LogP contribution in [0.4, 0.5) is 5.69 Å². The highest BCUT2D eigenvalue weighted by atomic mass is 35.5. The van der Waals surface area contributed by atoms with Gasteiger partial charge in [-0.3, -0.25) is 4.79 Å². The van der Waals surface area contributed by atoms with Crippen LogP contribution in [-0.2, 0) is 14.9 Å². The molecule has 0 saturated heterocycles. The molecule has 1 atom stereocenters. The van der Waals surface area contributed by atoms with Crippen molar-refractivity contribution in [3.8, 4) is 0 Å². The maximum Gasteiger partial charge on any atom is 0.359 e. The molecule has 1 amide bonds. The van der Waals surface area contributed by atoms with E-state index in [-0.39, 0.29) is 26.2 Å². The Morgan fingerprint density at radius 1 is 1.07 bits per heavy atom. The summed E-state index contributed by atoms with van der Waals surface area (Å²) in [6.45, 7) is 7.75. The number of hydrogen-bond acceptors (Lipinski definition) is 4. The van der Waals surface area contributed by atoms with Gasteiger partial charge in [-0.2, -0.15) is 0 Å². The van der Waals surface area contributed by atoms with Crippen LogP contribution in [0.1, 0.15) is 43.7 Å². The lowest BCUT2D eigenvalue weighted by atomic mass is 9.87. The molecule has 144 valence electrons. The van der Waals surface area contributed by atoms with Gasteiger partial charge in [0, 0.05) is 11.9 Å². The van der Waals surface area contributed by atoms with Gasteiger partial charge in [-0.25, -0.2) is 9.78 Å². The van der Waals surface area contributed by atoms with Gasteiger partial charge >= 0.3 is 5.97 Å². The first-order valence-electron chi connectivity index (χ1n) is 8.12. The first kappa shape index (κ1) is 21.5. The van der Waals surface area contributed by atoms with Crippen molar-refractivity contribution in [1.29, 1.82) is 0 Å². The largest absolute Gasteiger partial charge is 0.448 e. The van der Waals surface area contributed by atoms with Gasteiger partial charge in [-0.05, 0) is 30.0 Å². The molecule has 1 aromatic heterocycles. The Labute approximate surface area is 173 Å². The fraction of sp³-hybridized carbons (Fsp3) is 0.316. The van der Waals surface area contributed by atoms with Gasteiger partial charge in [0.2, 0.25) is 0 Å². The van der Waals surface area contributed by atoms with Crippen molar-refractivity contribution < 1.29 is 14.3 Å². The van der Waals surface area contributed by atoms with Crippen LogP contribution in [0, 0.1) is 0 Å². The fourth-order valence-corrected chi connectivity index (χ4v) is 2.71. The number of anilines is 1. The Balaban J connectivity index is 2.03. The van der Waals surface area contributed by atoms with E-state index in [0.717, 1.165) is 5.56 Å². The summed E-state index contributed by atoms with van der Waals surface area (Å²) in [5.41, 5.74) is 1.54. The average Bonchev–Trinajstić information content (AvgIpc) is 2.59. The van der Waals surface area contributed by atoms with Gasteiger partial charge in [0.1, 0.15) is 0 Å². The Hall–Kier alpha value is -1.82. The van der Waals surface area contributed by atoms with Gasteiger partial charge in [0.15, 0.2) is 11.8 Å². The van der Waals surface area contributed by atoms with Gasteiger partial charge in [-0.15, -0.1) is 0 Å². The van der Waals surface area contributed by atoms with Crippen LogP contribution in [0.2, 0.25) is 15.1 Å². The molecule has 5 nitrogen and oxygen atoms in total. The van der Waals surface area contributed by atoms with Crippen LogP contribution < -0.4 is 5.32 Å². The van der Waals surface area contributed by atoms with Crippen molar-refractivity contribution in [2.75, 3.05) is 5.32 Å². The summed E-state index contributed by atoms with van der Waals surface area (Å²) in [6.07, 6.45) is 0.126. The maximum absolute atomic E-state index is 12.3. The zero-order valence-corrected chi connectivity index (χ0v) is 17.5. The van der Waals surface area contributed by atoms with Crippen molar-refractivity contribution in [3.63, 3.8) is 0 Å². The normalized spacial score (nSPS) is 12.4. The summed E-state index contributed by atoms with van der Waals surface area (Å²) in [7, 11) is 0. The number of hydrogen-bond donors (Lipinski definition) is 1. The molecule has 0 unspecified atom stereocenters. The number of amides is 1. The summed E-state index contributed by atoms with van der Waals surface area (Å²) in [6, 6.07) is 7.46. The molecule has 8 heteroatoms. The number of pyridine rings is 1. The third kappa shape index (κ3) is 5.34. The fourth-order valence-electron chi connectivity index (χ4n) is 2.15. The Bertz CT molecular complexity index is 862. The predicted molar refractivity (Wildman–Crippen MR) is 108 cm³/mol. The molecule has 1 heterocycles. The van der Waals surface area contributed by atoms with Crippen LogP contribution in [-0.4, -0.2) is 23.0 Å². The Morgan fingerprint density at radius 3 is 2.22 bits per heavy atom. The average molecular weight is 430 g/mol. The minimum absolute atomic E-state index is 0.00340. The van der Waals surface area contributed by atoms with Crippen LogP contribution in [0.15, 0.2) is 30.5 Å². The second kappa shape index (κ2) is 8.46. The van der Waals surface area contributed by atoms with E-state index in [9.17, 15) is 9.59 Å². The van der Waals surface area contributed by atoms with E-state index in [0.29, 0.717) is 5.69 Å². The minimum atomic E-state index is -1.06. The second-order valence-corrected chi connectivity index (χ2v) is 8.11. The molecule has 1 aromatic carbocycles. The number of ether oxygens (including phenoxy) is 1. The molecule has 0 aliphatic carbocycles. The SMILES string of the molecule is C[C@@H](OC(=O)c1ncc(Cl)c(Cl)c1Cl)C(=O)Nc1ccc(C(C)(C)C)cc1. The van der Waals surface area contributed by atoms with E-state index in [1.165, 1.54) is 13.1 Å². The summed E-state index contributed by atoms with van der Waals surface area (Å²) in [4.78, 5) is 28.3. The second-order valence-electron chi connectivity index (χ2n) is 6.95. The van der Waals surface area contributed by atoms with E-state index in [1.807, 2.05) is 12.1 Å². The molecule has 0 fully saturated rings. The van der Waals surface area contributed by atoms with Gasteiger partial charge in [0.05, 0.1) is 15.1 Å². The van der Waals surface area contributed by atoms with Gasteiger partial charge < -0.3 is 10.1 Å². The van der Waals surface area contributed by atoms with Crippen molar-refractivity contribution in [3.05, 3.63) is 56.8 Å². The smallest absolute Gasteiger partial charge is 0.359 e. The van der Waals surface area contributed by atoms with Gasteiger partial charge in [0.25, 0.3) is 5.91 Å². The number of carbonyl (C=O) groups excluding carboxylic acids is 2. The summed E-state index contributed by atoms with van der Waals surface area (Å²) in [5, 5.41) is 2.68. The molecule has 2 rings (SSSR count). The number of benzene rings is 1. The number of nitrogens with one attached hydrogen (secondary N) is 1. The third-order valence-electron chi connectivity index (χ3n) is 3.78. The monoisotopic (exact) mass is 428 g/mol. The summed E-state index contributed by atoms with van der Waals surface area (Å²) >= 11 is 17.6. The molecular weight excluding hydrogens is 411 g/mol. The number of carbonyl (C=O) groups is 2. The number of esters is 1. The molecule has 0 saturated carbocycles.